The molecule has 1 saturated heterocycles. The summed E-state index contributed by atoms with van der Waals surface area (Å²) in [6, 6.07) is 17.5. The predicted molar refractivity (Wildman–Crippen MR) is 97.0 cm³/mol. The average molecular weight is 349 g/mol. The molecule has 0 bridgehead atoms. The van der Waals surface area contributed by atoms with E-state index >= 15 is 0 Å². The molecule has 132 valence electrons. The van der Waals surface area contributed by atoms with Gasteiger partial charge in [-0.05, 0) is 28.5 Å². The molecule has 0 radical (unpaired) electrons. The van der Waals surface area contributed by atoms with Gasteiger partial charge < -0.3 is 14.1 Å². The Kier molecular flexibility index (Phi) is 4.54. The molecule has 0 N–H and O–H groups in total. The van der Waals surface area contributed by atoms with E-state index in [1.807, 2.05) is 18.2 Å². The summed E-state index contributed by atoms with van der Waals surface area (Å²) in [5.74, 6) is -1.07. The Morgan fingerprint density at radius 1 is 1.04 bits per heavy atom. The third-order valence-electron chi connectivity index (χ3n) is 4.69. The van der Waals surface area contributed by atoms with Crippen LogP contribution >= 0.6 is 0 Å². The van der Waals surface area contributed by atoms with Gasteiger partial charge in [-0.25, -0.2) is 0 Å². The van der Waals surface area contributed by atoms with Gasteiger partial charge in [-0.1, -0.05) is 42.5 Å². The Hall–Kier alpha value is -2.92. The molecule has 0 unspecified atom stereocenters. The second-order valence-electron chi connectivity index (χ2n) is 6.39. The molecule has 0 aliphatic carbocycles. The summed E-state index contributed by atoms with van der Waals surface area (Å²) >= 11 is 0. The van der Waals surface area contributed by atoms with Crippen molar-refractivity contribution in [1.82, 2.24) is 4.90 Å². The number of furan rings is 1. The zero-order valence-electron chi connectivity index (χ0n) is 14.3. The highest BCUT2D eigenvalue weighted by Gasteiger charge is 2.30. The molecule has 1 aliphatic heterocycles. The average Bonchev–Trinajstić information content (AvgIpc) is 3.22. The van der Waals surface area contributed by atoms with Gasteiger partial charge in [0.1, 0.15) is 0 Å². The molecule has 1 atom stereocenters. The molecule has 5 heteroatoms. The Morgan fingerprint density at radius 2 is 1.88 bits per heavy atom. The maximum absolute atomic E-state index is 12.5. The van der Waals surface area contributed by atoms with Crippen molar-refractivity contribution in [1.29, 1.82) is 0 Å². The minimum absolute atomic E-state index is 0.0760. The summed E-state index contributed by atoms with van der Waals surface area (Å²) in [5.41, 5.74) is 1.18. The Bertz CT molecular complexity index is 927. The van der Waals surface area contributed by atoms with Crippen LogP contribution in [-0.2, 0) is 16.0 Å². The van der Waals surface area contributed by atoms with Crippen LogP contribution in [0.1, 0.15) is 16.1 Å². The van der Waals surface area contributed by atoms with Crippen molar-refractivity contribution >= 4 is 22.5 Å². The quantitative estimate of drug-likeness (QED) is 0.536. The summed E-state index contributed by atoms with van der Waals surface area (Å²) in [5, 5.41) is 2.37. The highest BCUT2D eigenvalue weighted by atomic mass is 16.5. The maximum Gasteiger partial charge on any atom is 0.298 e. The van der Waals surface area contributed by atoms with Crippen LogP contribution in [0.15, 0.2) is 65.3 Å². The van der Waals surface area contributed by atoms with Gasteiger partial charge in [0.2, 0.25) is 0 Å². The largest absolute Gasteiger partial charge is 0.461 e. The second-order valence-corrected chi connectivity index (χ2v) is 6.39. The van der Waals surface area contributed by atoms with Crippen LogP contribution < -0.4 is 0 Å². The fourth-order valence-electron chi connectivity index (χ4n) is 3.40. The predicted octanol–water partition coefficient (Wildman–Crippen LogP) is 3.09. The van der Waals surface area contributed by atoms with Gasteiger partial charge in [-0.15, -0.1) is 0 Å². The van der Waals surface area contributed by atoms with Crippen LogP contribution in [0.4, 0.5) is 0 Å². The molecule has 26 heavy (non-hydrogen) atoms. The minimum atomic E-state index is -0.610. The molecule has 0 spiro atoms. The Morgan fingerprint density at radius 3 is 2.73 bits per heavy atom. The van der Waals surface area contributed by atoms with Crippen molar-refractivity contribution in [2.75, 3.05) is 19.7 Å². The lowest BCUT2D eigenvalue weighted by Gasteiger charge is -2.32. The van der Waals surface area contributed by atoms with Crippen LogP contribution in [0, 0.1) is 0 Å². The number of morpholine rings is 1. The van der Waals surface area contributed by atoms with E-state index < -0.39 is 11.7 Å². The summed E-state index contributed by atoms with van der Waals surface area (Å²) < 4.78 is 10.9. The van der Waals surface area contributed by atoms with Crippen molar-refractivity contribution < 1.29 is 18.7 Å². The molecule has 1 aliphatic rings. The molecule has 1 fully saturated rings. The van der Waals surface area contributed by atoms with Crippen LogP contribution in [0.25, 0.3) is 10.8 Å². The first-order valence-electron chi connectivity index (χ1n) is 8.68. The minimum Gasteiger partial charge on any atom is -0.461 e. The fraction of sp³-hybridized carbons (Fsp3) is 0.238. The number of fused-ring (bicyclic) bond motifs is 1. The van der Waals surface area contributed by atoms with E-state index in [0.717, 1.165) is 0 Å². The first kappa shape index (κ1) is 16.5. The summed E-state index contributed by atoms with van der Waals surface area (Å²) in [6.45, 7) is 1.23. The zero-order chi connectivity index (χ0) is 17.9. The number of benzene rings is 2. The van der Waals surface area contributed by atoms with Crippen molar-refractivity contribution in [3.05, 3.63) is 72.2 Å². The molecule has 3 aromatic rings. The molecule has 0 saturated carbocycles. The number of carbonyl (C=O) groups is 2. The van der Waals surface area contributed by atoms with Gasteiger partial charge in [0.15, 0.2) is 5.76 Å². The summed E-state index contributed by atoms with van der Waals surface area (Å²) in [4.78, 5) is 26.2. The molecule has 5 nitrogen and oxygen atoms in total. The second kappa shape index (κ2) is 7.14. The number of Topliss-reactive ketones (excluding diaryl/α,β-unsaturated/α-hetero) is 1. The van der Waals surface area contributed by atoms with Crippen LogP contribution in [0.2, 0.25) is 0 Å². The number of hydrogen-bond donors (Lipinski definition) is 0. The Balaban J connectivity index is 1.48. The van der Waals surface area contributed by atoms with Crippen LogP contribution in [-0.4, -0.2) is 42.4 Å². The first-order chi connectivity index (χ1) is 12.7. The lowest BCUT2D eigenvalue weighted by Crippen LogP contribution is -2.48. The van der Waals surface area contributed by atoms with Crippen molar-refractivity contribution in [2.24, 2.45) is 0 Å². The highest BCUT2D eigenvalue weighted by molar-refractivity contribution is 6.41. The molecular weight excluding hydrogens is 330 g/mol. The normalized spacial score (nSPS) is 17.4. The van der Waals surface area contributed by atoms with Crippen molar-refractivity contribution in [3.8, 4) is 0 Å². The van der Waals surface area contributed by atoms with E-state index in [0.29, 0.717) is 26.1 Å². The molecule has 1 amide bonds. The van der Waals surface area contributed by atoms with Gasteiger partial charge in [-0.2, -0.15) is 0 Å². The van der Waals surface area contributed by atoms with Gasteiger partial charge in [0.05, 0.1) is 19.0 Å². The van der Waals surface area contributed by atoms with Gasteiger partial charge in [0.25, 0.3) is 11.7 Å². The molecule has 2 heterocycles. The SMILES string of the molecule is O=C(C(=O)N1CCO[C@@H](Cc2cccc3ccccc23)C1)c1ccco1. The van der Waals surface area contributed by atoms with Gasteiger partial charge >= 0.3 is 0 Å². The topological polar surface area (TPSA) is 59.8 Å². The van der Waals surface area contributed by atoms with E-state index in [2.05, 4.69) is 24.3 Å². The van der Waals surface area contributed by atoms with E-state index in [1.165, 1.54) is 28.7 Å². The number of hydrogen-bond acceptors (Lipinski definition) is 4. The van der Waals surface area contributed by atoms with Crippen molar-refractivity contribution in [2.45, 2.75) is 12.5 Å². The van der Waals surface area contributed by atoms with E-state index in [9.17, 15) is 9.59 Å². The number of amides is 1. The van der Waals surface area contributed by atoms with E-state index in [-0.39, 0.29) is 11.9 Å². The highest BCUT2D eigenvalue weighted by Crippen LogP contribution is 2.22. The monoisotopic (exact) mass is 349 g/mol. The van der Waals surface area contributed by atoms with Crippen molar-refractivity contribution in [3.63, 3.8) is 0 Å². The van der Waals surface area contributed by atoms with Gasteiger partial charge in [0, 0.05) is 19.5 Å². The zero-order valence-corrected chi connectivity index (χ0v) is 14.3. The van der Waals surface area contributed by atoms with Crippen LogP contribution in [0.5, 0.6) is 0 Å². The summed E-state index contributed by atoms with van der Waals surface area (Å²) in [7, 11) is 0. The number of nitrogens with zero attached hydrogens (tertiary/aromatic N) is 1. The summed E-state index contributed by atoms with van der Waals surface area (Å²) in [6.07, 6.45) is 1.95. The van der Waals surface area contributed by atoms with E-state index in [4.69, 9.17) is 9.15 Å². The molecule has 4 rings (SSSR count). The third-order valence-corrected chi connectivity index (χ3v) is 4.69. The Labute approximate surface area is 151 Å². The molecule has 1 aromatic heterocycles. The lowest BCUT2D eigenvalue weighted by atomic mass is 9.99. The standard InChI is InChI=1S/C21H19NO4/c23-20(19-9-4-11-26-19)21(24)22-10-12-25-17(14-22)13-16-7-3-6-15-5-1-2-8-18(15)16/h1-9,11,17H,10,12-14H2/t17-/m0/s1. The number of rotatable bonds is 4. The number of ketones is 1. The lowest BCUT2D eigenvalue weighted by molar-refractivity contribution is -0.133. The smallest absolute Gasteiger partial charge is 0.298 e. The van der Waals surface area contributed by atoms with Gasteiger partial charge in [-0.3, -0.25) is 9.59 Å². The third kappa shape index (κ3) is 3.26. The van der Waals surface area contributed by atoms with E-state index in [1.54, 1.807) is 11.0 Å². The molecular formula is C21H19NO4. The fourth-order valence-corrected chi connectivity index (χ4v) is 3.40. The first-order valence-corrected chi connectivity index (χ1v) is 8.68. The van der Waals surface area contributed by atoms with Crippen LogP contribution in [0.3, 0.4) is 0 Å². The number of carbonyl (C=O) groups excluding carboxylic acids is 2. The maximum atomic E-state index is 12.5. The molecule has 2 aromatic carbocycles. The number of ether oxygens (including phenoxy) is 1.